The van der Waals surface area contributed by atoms with E-state index >= 15 is 0 Å². The molecule has 4 aliphatic heterocycles. The van der Waals surface area contributed by atoms with Crippen molar-refractivity contribution < 1.29 is 28.8 Å². The summed E-state index contributed by atoms with van der Waals surface area (Å²) in [7, 11) is 0. The van der Waals surface area contributed by atoms with E-state index in [1.807, 2.05) is 13.8 Å². The minimum Gasteiger partial charge on any atom is -0.433 e. The first-order chi connectivity index (χ1) is 11.8. The summed E-state index contributed by atoms with van der Waals surface area (Å²) < 4.78 is 17.7. The van der Waals surface area contributed by atoms with Crippen LogP contribution in [0.3, 0.4) is 0 Å². The van der Waals surface area contributed by atoms with Gasteiger partial charge in [0.25, 0.3) is 0 Å². The van der Waals surface area contributed by atoms with Crippen LogP contribution in [0.1, 0.15) is 46.5 Å². The average molecular weight is 395 g/mol. The lowest BCUT2D eigenvalue weighted by Gasteiger charge is -2.59. The lowest BCUT2D eigenvalue weighted by atomic mass is 9.58. The standard InChI is InChI=1S/C17H24Cl2O6/c1-8-4-5-11-9(2)14(21-13(20)12(18)19)22-15-17(11)10(8)6-7-16(3,23-15)24-25-17/h8-12,14-15H,4-7H2,1-3H3/t8-,9-,10+,11?,14?,15-,16+,17-/m1/s1. The molecule has 5 aliphatic rings. The highest BCUT2D eigenvalue weighted by molar-refractivity contribution is 6.52. The van der Waals surface area contributed by atoms with Crippen LogP contribution in [0.5, 0.6) is 0 Å². The average Bonchev–Trinajstić information content (AvgIpc) is 2.78. The number of hydrogen-bond donors (Lipinski definition) is 0. The Kier molecular flexibility index (Phi) is 4.54. The highest BCUT2D eigenvalue weighted by Crippen LogP contribution is 2.60. The molecule has 8 atom stereocenters. The summed E-state index contributed by atoms with van der Waals surface area (Å²) >= 11 is 11.3. The Hall–Kier alpha value is -0.110. The predicted octanol–water partition coefficient (Wildman–Crippen LogP) is 3.54. The Morgan fingerprint density at radius 3 is 2.64 bits per heavy atom. The fourth-order valence-electron chi connectivity index (χ4n) is 5.17. The van der Waals surface area contributed by atoms with Crippen LogP contribution in [0.15, 0.2) is 0 Å². The Morgan fingerprint density at radius 1 is 1.16 bits per heavy atom. The van der Waals surface area contributed by atoms with E-state index in [1.165, 1.54) is 0 Å². The van der Waals surface area contributed by atoms with Crippen LogP contribution in [0.4, 0.5) is 0 Å². The molecule has 0 aromatic heterocycles. The maximum Gasteiger partial charge on any atom is 0.341 e. The van der Waals surface area contributed by atoms with Crippen molar-refractivity contribution in [2.75, 3.05) is 0 Å². The summed E-state index contributed by atoms with van der Waals surface area (Å²) in [6.07, 6.45) is 2.29. The number of ether oxygens (including phenoxy) is 3. The summed E-state index contributed by atoms with van der Waals surface area (Å²) in [6.45, 7) is 6.10. The monoisotopic (exact) mass is 394 g/mol. The van der Waals surface area contributed by atoms with E-state index in [-0.39, 0.29) is 17.8 Å². The molecule has 0 amide bonds. The van der Waals surface area contributed by atoms with E-state index in [2.05, 4.69) is 6.92 Å². The van der Waals surface area contributed by atoms with E-state index in [1.54, 1.807) is 0 Å². The zero-order chi connectivity index (χ0) is 18.0. The van der Waals surface area contributed by atoms with Gasteiger partial charge in [0.15, 0.2) is 11.9 Å². The SMILES string of the molecule is C[C@H]1C(OC(=O)C(Cl)Cl)O[C@@H]2O[C@]3(C)CC[C@H]4[C@H](C)CCC1[C@@]24OO3. The van der Waals surface area contributed by atoms with Crippen LogP contribution < -0.4 is 0 Å². The van der Waals surface area contributed by atoms with Gasteiger partial charge in [-0.1, -0.05) is 37.0 Å². The van der Waals surface area contributed by atoms with E-state index < -0.39 is 34.8 Å². The second kappa shape index (κ2) is 6.21. The molecule has 0 N–H and O–H groups in total. The van der Waals surface area contributed by atoms with E-state index in [0.717, 1.165) is 25.7 Å². The summed E-state index contributed by atoms with van der Waals surface area (Å²) in [6, 6.07) is 0. The first-order valence-corrected chi connectivity index (χ1v) is 9.83. The largest absolute Gasteiger partial charge is 0.433 e. The number of carbonyl (C=O) groups excluding carboxylic acids is 1. The van der Waals surface area contributed by atoms with Crippen molar-refractivity contribution in [3.8, 4) is 0 Å². The maximum absolute atomic E-state index is 11.9. The molecule has 4 saturated heterocycles. The van der Waals surface area contributed by atoms with E-state index in [0.29, 0.717) is 5.92 Å². The fraction of sp³-hybridized carbons (Fsp3) is 0.941. The summed E-state index contributed by atoms with van der Waals surface area (Å²) in [4.78, 5) is 22.4. The third-order valence-electron chi connectivity index (χ3n) is 6.51. The normalized spacial score (nSPS) is 51.8. The smallest absolute Gasteiger partial charge is 0.341 e. The van der Waals surface area contributed by atoms with Crippen LogP contribution in [0.2, 0.25) is 0 Å². The Labute approximate surface area is 157 Å². The molecule has 2 unspecified atom stereocenters. The van der Waals surface area contributed by atoms with Gasteiger partial charge < -0.3 is 14.2 Å². The lowest BCUT2D eigenvalue weighted by Crippen LogP contribution is -2.70. The van der Waals surface area contributed by atoms with Crippen LogP contribution in [0.25, 0.3) is 0 Å². The van der Waals surface area contributed by atoms with Gasteiger partial charge in [-0.15, -0.1) is 0 Å². The lowest BCUT2D eigenvalue weighted by molar-refractivity contribution is -0.576. The minimum absolute atomic E-state index is 0.0862. The third kappa shape index (κ3) is 2.72. The van der Waals surface area contributed by atoms with Crippen LogP contribution in [-0.2, 0) is 28.8 Å². The van der Waals surface area contributed by atoms with Gasteiger partial charge in [0, 0.05) is 18.3 Å². The molecule has 0 radical (unpaired) electrons. The molecular formula is C17H24Cl2O6. The maximum atomic E-state index is 11.9. The Bertz CT molecular complexity index is 559. The number of hydrogen-bond acceptors (Lipinski definition) is 6. The van der Waals surface area contributed by atoms with Crippen molar-refractivity contribution in [2.24, 2.45) is 23.7 Å². The van der Waals surface area contributed by atoms with Crippen molar-refractivity contribution >= 4 is 29.2 Å². The van der Waals surface area contributed by atoms with Gasteiger partial charge in [0.1, 0.15) is 0 Å². The fourth-order valence-corrected chi connectivity index (χ4v) is 5.28. The highest BCUT2D eigenvalue weighted by Gasteiger charge is 2.69. The molecule has 5 rings (SSSR count). The van der Waals surface area contributed by atoms with Crippen molar-refractivity contribution in [1.82, 2.24) is 0 Å². The molecule has 1 aliphatic carbocycles. The molecule has 1 saturated carbocycles. The van der Waals surface area contributed by atoms with Gasteiger partial charge in [-0.05, 0) is 38.0 Å². The molecule has 0 aromatic carbocycles. The van der Waals surface area contributed by atoms with Crippen LogP contribution in [0, 0.1) is 23.7 Å². The number of alkyl halides is 2. The summed E-state index contributed by atoms with van der Waals surface area (Å²) in [5, 5.41) is 0. The molecule has 6 nitrogen and oxygen atoms in total. The molecule has 2 bridgehead atoms. The zero-order valence-corrected chi connectivity index (χ0v) is 16.1. The molecule has 8 heteroatoms. The number of esters is 1. The van der Waals surface area contributed by atoms with Crippen molar-refractivity contribution in [3.05, 3.63) is 0 Å². The van der Waals surface area contributed by atoms with Gasteiger partial charge >= 0.3 is 5.97 Å². The second-order valence-electron chi connectivity index (χ2n) is 8.01. The van der Waals surface area contributed by atoms with E-state index in [4.69, 9.17) is 47.2 Å². The molecule has 25 heavy (non-hydrogen) atoms. The van der Waals surface area contributed by atoms with Gasteiger partial charge in [0.05, 0.1) is 0 Å². The molecule has 1 spiro atoms. The van der Waals surface area contributed by atoms with Crippen molar-refractivity contribution in [2.45, 2.75) is 75.3 Å². The number of fused-ring (bicyclic) bond motifs is 2. The van der Waals surface area contributed by atoms with Crippen molar-refractivity contribution in [1.29, 1.82) is 0 Å². The Morgan fingerprint density at radius 2 is 1.92 bits per heavy atom. The molecular weight excluding hydrogens is 371 g/mol. The van der Waals surface area contributed by atoms with Gasteiger partial charge in [-0.25, -0.2) is 14.6 Å². The first kappa shape index (κ1) is 18.3. The summed E-state index contributed by atoms with van der Waals surface area (Å²) in [5.41, 5.74) is -0.669. The number of carbonyl (C=O) groups is 1. The third-order valence-corrected chi connectivity index (χ3v) is 6.86. The van der Waals surface area contributed by atoms with Crippen LogP contribution >= 0.6 is 23.2 Å². The highest BCUT2D eigenvalue weighted by atomic mass is 35.5. The topological polar surface area (TPSA) is 63.2 Å². The Balaban J connectivity index is 1.68. The van der Waals surface area contributed by atoms with Crippen molar-refractivity contribution in [3.63, 3.8) is 0 Å². The molecule has 0 aromatic rings. The molecule has 5 fully saturated rings. The summed E-state index contributed by atoms with van der Waals surface area (Å²) in [5.74, 6) is -0.799. The second-order valence-corrected chi connectivity index (χ2v) is 9.11. The van der Waals surface area contributed by atoms with Gasteiger partial charge in [-0.3, -0.25) is 0 Å². The minimum atomic E-state index is -1.24. The van der Waals surface area contributed by atoms with Gasteiger partial charge in [0.2, 0.25) is 16.9 Å². The number of halogens is 2. The molecule has 4 heterocycles. The quantitative estimate of drug-likeness (QED) is 0.405. The molecule has 142 valence electrons. The van der Waals surface area contributed by atoms with Gasteiger partial charge in [-0.2, -0.15) is 0 Å². The number of rotatable bonds is 2. The predicted molar refractivity (Wildman–Crippen MR) is 88.4 cm³/mol. The van der Waals surface area contributed by atoms with E-state index in [9.17, 15) is 4.79 Å². The zero-order valence-electron chi connectivity index (χ0n) is 14.6. The van der Waals surface area contributed by atoms with Crippen LogP contribution in [-0.4, -0.2) is 34.8 Å². The first-order valence-electron chi connectivity index (χ1n) is 8.95.